The van der Waals surface area contributed by atoms with E-state index in [-0.39, 0.29) is 18.4 Å². The molecule has 0 spiro atoms. The molecule has 7 nitrogen and oxygen atoms in total. The van der Waals surface area contributed by atoms with Crippen LogP contribution in [-0.4, -0.2) is 69.2 Å². The quantitative estimate of drug-likeness (QED) is 0.179. The molecule has 3 aromatic rings. The van der Waals surface area contributed by atoms with Gasteiger partial charge in [-0.05, 0) is 78.6 Å². The minimum atomic E-state index is -0.164. The van der Waals surface area contributed by atoms with Gasteiger partial charge in [-0.1, -0.05) is 38.0 Å². The molecule has 0 saturated carbocycles. The summed E-state index contributed by atoms with van der Waals surface area (Å²) in [5.41, 5.74) is 4.00. The van der Waals surface area contributed by atoms with E-state index in [1.54, 1.807) is 37.6 Å². The van der Waals surface area contributed by atoms with Crippen LogP contribution < -0.4 is 9.47 Å². The van der Waals surface area contributed by atoms with E-state index < -0.39 is 0 Å². The fourth-order valence-corrected chi connectivity index (χ4v) is 5.55. The average molecular weight is 581 g/mol. The van der Waals surface area contributed by atoms with Crippen molar-refractivity contribution in [1.82, 2.24) is 9.80 Å². The average Bonchev–Trinajstić information content (AvgIpc) is 3.40. The molecule has 0 bridgehead atoms. The number of unbranched alkanes of at least 4 members (excludes halogenated alkanes) is 2. The SMILES string of the molecule is CCCCCc1ccc(C(=O)N(CCOC)CC(=O)N(CCc2ccc(OC)c(OC)c2)Cc2sccc2C)cc1. The summed E-state index contributed by atoms with van der Waals surface area (Å²) in [6, 6.07) is 15.7. The number of carbonyl (C=O) groups is 2. The summed E-state index contributed by atoms with van der Waals surface area (Å²) in [6.45, 7) is 5.92. The van der Waals surface area contributed by atoms with Crippen LogP contribution in [0, 0.1) is 6.92 Å². The lowest BCUT2D eigenvalue weighted by Gasteiger charge is -2.28. The van der Waals surface area contributed by atoms with Gasteiger partial charge >= 0.3 is 0 Å². The molecule has 0 fully saturated rings. The van der Waals surface area contributed by atoms with Crippen LogP contribution in [0.15, 0.2) is 53.9 Å². The summed E-state index contributed by atoms with van der Waals surface area (Å²) in [6.07, 6.45) is 5.16. The Hall–Kier alpha value is -3.36. The number of amides is 2. The fraction of sp³-hybridized carbons (Fsp3) is 0.455. The largest absolute Gasteiger partial charge is 0.493 e. The molecule has 1 heterocycles. The highest BCUT2D eigenvalue weighted by Gasteiger charge is 2.23. The molecule has 3 rings (SSSR count). The van der Waals surface area contributed by atoms with Gasteiger partial charge in [0.15, 0.2) is 11.5 Å². The van der Waals surface area contributed by atoms with Crippen molar-refractivity contribution in [2.45, 2.75) is 52.5 Å². The lowest BCUT2D eigenvalue weighted by molar-refractivity contribution is -0.132. The van der Waals surface area contributed by atoms with Crippen LogP contribution in [0.1, 0.15) is 58.1 Å². The van der Waals surface area contributed by atoms with Crippen molar-refractivity contribution in [2.24, 2.45) is 0 Å². The highest BCUT2D eigenvalue weighted by atomic mass is 32.1. The van der Waals surface area contributed by atoms with E-state index in [9.17, 15) is 9.59 Å². The summed E-state index contributed by atoms with van der Waals surface area (Å²) in [7, 11) is 4.83. The van der Waals surface area contributed by atoms with Crippen LogP contribution >= 0.6 is 11.3 Å². The molecular weight excluding hydrogens is 536 g/mol. The maximum Gasteiger partial charge on any atom is 0.254 e. The number of carbonyl (C=O) groups excluding carboxylic acids is 2. The van der Waals surface area contributed by atoms with Crippen molar-refractivity contribution in [2.75, 3.05) is 47.6 Å². The molecule has 0 unspecified atom stereocenters. The number of aryl methyl sites for hydroxylation is 2. The lowest BCUT2D eigenvalue weighted by atomic mass is 10.0. The summed E-state index contributed by atoms with van der Waals surface area (Å²) >= 11 is 1.64. The van der Waals surface area contributed by atoms with Crippen molar-refractivity contribution < 1.29 is 23.8 Å². The van der Waals surface area contributed by atoms with E-state index in [2.05, 4.69) is 19.9 Å². The van der Waals surface area contributed by atoms with E-state index in [0.29, 0.717) is 49.7 Å². The molecule has 0 aliphatic rings. The van der Waals surface area contributed by atoms with Gasteiger partial charge in [0.2, 0.25) is 5.91 Å². The maximum absolute atomic E-state index is 13.8. The van der Waals surface area contributed by atoms with Gasteiger partial charge in [-0.25, -0.2) is 0 Å². The number of methoxy groups -OCH3 is 3. The Morgan fingerprint density at radius 1 is 0.829 bits per heavy atom. The third-order valence-electron chi connectivity index (χ3n) is 7.22. The van der Waals surface area contributed by atoms with Gasteiger partial charge in [-0.3, -0.25) is 9.59 Å². The van der Waals surface area contributed by atoms with E-state index >= 15 is 0 Å². The Labute approximate surface area is 249 Å². The molecule has 41 heavy (non-hydrogen) atoms. The molecule has 0 radical (unpaired) electrons. The summed E-state index contributed by atoms with van der Waals surface area (Å²) in [5.74, 6) is 1.06. The maximum atomic E-state index is 13.8. The number of thiophene rings is 1. The molecule has 2 amide bonds. The first kappa shape index (κ1) is 32.2. The van der Waals surface area contributed by atoms with Gasteiger partial charge in [-0.15, -0.1) is 11.3 Å². The van der Waals surface area contributed by atoms with Crippen molar-refractivity contribution >= 4 is 23.2 Å². The van der Waals surface area contributed by atoms with Gasteiger partial charge in [-0.2, -0.15) is 0 Å². The summed E-state index contributed by atoms with van der Waals surface area (Å²) in [4.78, 5) is 31.9. The van der Waals surface area contributed by atoms with Crippen LogP contribution in [0.5, 0.6) is 11.5 Å². The number of nitrogens with zero attached hydrogens (tertiary/aromatic N) is 2. The molecule has 1 aromatic heterocycles. The van der Waals surface area contributed by atoms with Gasteiger partial charge in [0.25, 0.3) is 5.91 Å². The van der Waals surface area contributed by atoms with E-state index in [0.717, 1.165) is 28.8 Å². The predicted molar refractivity (Wildman–Crippen MR) is 165 cm³/mol. The van der Waals surface area contributed by atoms with Crippen molar-refractivity contribution in [3.05, 3.63) is 81.0 Å². The zero-order valence-electron chi connectivity index (χ0n) is 25.1. The monoisotopic (exact) mass is 580 g/mol. The second-order valence-electron chi connectivity index (χ2n) is 10.2. The number of hydrogen-bond donors (Lipinski definition) is 0. The van der Waals surface area contributed by atoms with Crippen LogP contribution in [0.4, 0.5) is 0 Å². The molecule has 8 heteroatoms. The van der Waals surface area contributed by atoms with Gasteiger partial charge in [0.05, 0.1) is 27.4 Å². The van der Waals surface area contributed by atoms with Gasteiger partial charge in [0, 0.05) is 30.6 Å². The predicted octanol–water partition coefficient (Wildman–Crippen LogP) is 6.17. The highest BCUT2D eigenvalue weighted by Crippen LogP contribution is 2.28. The Balaban J connectivity index is 1.76. The first-order chi connectivity index (χ1) is 19.9. The fourth-order valence-electron chi connectivity index (χ4n) is 4.62. The van der Waals surface area contributed by atoms with Crippen LogP contribution in [0.25, 0.3) is 0 Å². The third-order valence-corrected chi connectivity index (χ3v) is 8.23. The zero-order chi connectivity index (χ0) is 29.6. The Morgan fingerprint density at radius 2 is 1.56 bits per heavy atom. The smallest absolute Gasteiger partial charge is 0.254 e. The molecule has 222 valence electrons. The highest BCUT2D eigenvalue weighted by molar-refractivity contribution is 7.10. The minimum Gasteiger partial charge on any atom is -0.493 e. The minimum absolute atomic E-state index is 0.0171. The van der Waals surface area contributed by atoms with Gasteiger partial charge < -0.3 is 24.0 Å². The van der Waals surface area contributed by atoms with Crippen LogP contribution in [0.3, 0.4) is 0 Å². The number of ether oxygens (including phenoxy) is 3. The first-order valence-corrected chi connectivity index (χ1v) is 15.2. The molecule has 0 aliphatic carbocycles. The molecule has 0 aliphatic heterocycles. The Morgan fingerprint density at radius 3 is 2.20 bits per heavy atom. The second kappa shape index (κ2) is 16.8. The Kier molecular flexibility index (Phi) is 13.2. The topological polar surface area (TPSA) is 68.3 Å². The summed E-state index contributed by atoms with van der Waals surface area (Å²) < 4.78 is 16.1. The van der Waals surface area contributed by atoms with Crippen LogP contribution in [-0.2, 0) is 28.9 Å². The summed E-state index contributed by atoms with van der Waals surface area (Å²) in [5, 5.41) is 2.04. The second-order valence-corrected chi connectivity index (χ2v) is 11.2. The molecule has 2 aromatic carbocycles. The normalized spacial score (nSPS) is 10.9. The van der Waals surface area contributed by atoms with Crippen molar-refractivity contribution in [1.29, 1.82) is 0 Å². The lowest BCUT2D eigenvalue weighted by Crippen LogP contribution is -2.44. The molecule has 0 saturated heterocycles. The number of benzene rings is 2. The molecular formula is C33H44N2O5S. The Bertz CT molecular complexity index is 1240. The van der Waals surface area contributed by atoms with E-state index in [1.807, 2.05) is 52.7 Å². The number of hydrogen-bond acceptors (Lipinski definition) is 6. The third kappa shape index (κ3) is 9.61. The van der Waals surface area contributed by atoms with Crippen LogP contribution in [0.2, 0.25) is 0 Å². The van der Waals surface area contributed by atoms with Gasteiger partial charge in [0.1, 0.15) is 6.54 Å². The number of rotatable bonds is 17. The molecule has 0 N–H and O–H groups in total. The van der Waals surface area contributed by atoms with E-state index in [1.165, 1.54) is 18.4 Å². The zero-order valence-corrected chi connectivity index (χ0v) is 25.9. The van der Waals surface area contributed by atoms with E-state index in [4.69, 9.17) is 14.2 Å². The first-order valence-electron chi connectivity index (χ1n) is 14.3. The molecule has 0 atom stereocenters. The van der Waals surface area contributed by atoms with Crippen molar-refractivity contribution in [3.8, 4) is 11.5 Å². The van der Waals surface area contributed by atoms with Crippen molar-refractivity contribution in [3.63, 3.8) is 0 Å². The standard InChI is InChI=1S/C33H44N2O5S/c1-6-7-8-9-26-10-13-28(14-11-26)33(37)35(19-20-38-3)24-32(36)34(23-31-25(2)17-21-41-31)18-16-27-12-15-29(39-4)30(22-27)40-5/h10-15,17,21-22H,6-9,16,18-20,23-24H2,1-5H3.